The van der Waals surface area contributed by atoms with E-state index in [9.17, 15) is 9.90 Å². The molecule has 1 aromatic carbocycles. The van der Waals surface area contributed by atoms with Crippen LogP contribution in [-0.2, 0) is 0 Å². The first-order valence-electron chi connectivity index (χ1n) is 6.42. The summed E-state index contributed by atoms with van der Waals surface area (Å²) in [6.45, 7) is 2.10. The summed E-state index contributed by atoms with van der Waals surface area (Å²) >= 11 is 1.60. The third kappa shape index (κ3) is 4.05. The first kappa shape index (κ1) is 16.7. The maximum Gasteiger partial charge on any atom is 0.253 e. The maximum absolute atomic E-state index is 11.8. The number of aliphatic hydroxyl groups excluding tert-OH is 1. The van der Waals surface area contributed by atoms with Crippen LogP contribution >= 0.6 is 11.8 Å². The number of thioether (sulfide) groups is 1. The van der Waals surface area contributed by atoms with E-state index >= 15 is 0 Å². The summed E-state index contributed by atoms with van der Waals surface area (Å²) in [6.07, 6.45) is 1.96. The molecular weight excluding hydrogens is 274 g/mol. The van der Waals surface area contributed by atoms with Crippen LogP contribution in [0.5, 0.6) is 0 Å². The largest absolute Gasteiger partial charge is 0.397 e. The summed E-state index contributed by atoms with van der Waals surface area (Å²) in [7, 11) is 3.41. The summed E-state index contributed by atoms with van der Waals surface area (Å²) < 4.78 is 0. The fraction of sp³-hybridized carbons (Fsp3) is 0.500. The summed E-state index contributed by atoms with van der Waals surface area (Å²) in [5.74, 6) is -0.0753. The second kappa shape index (κ2) is 7.40. The summed E-state index contributed by atoms with van der Waals surface area (Å²) in [5, 5.41) is 12.7. The van der Waals surface area contributed by atoms with Crippen LogP contribution in [0.4, 0.5) is 11.4 Å². The van der Waals surface area contributed by atoms with E-state index in [1.807, 2.05) is 13.2 Å². The normalized spacial score (nSPS) is 13.7. The number of nitrogens with two attached hydrogens (primary N) is 1. The van der Waals surface area contributed by atoms with Crippen molar-refractivity contribution >= 4 is 29.0 Å². The van der Waals surface area contributed by atoms with Crippen LogP contribution in [0, 0.1) is 0 Å². The highest BCUT2D eigenvalue weighted by Gasteiger charge is 2.16. The number of aliphatic hydroxyl groups is 1. The molecule has 0 aromatic heterocycles. The second-order valence-electron chi connectivity index (χ2n) is 4.89. The predicted octanol–water partition coefficient (Wildman–Crippen LogP) is 1.49. The Morgan fingerprint density at radius 1 is 1.50 bits per heavy atom. The van der Waals surface area contributed by atoms with E-state index in [4.69, 9.17) is 5.73 Å². The van der Waals surface area contributed by atoms with Gasteiger partial charge in [0.15, 0.2) is 0 Å². The van der Waals surface area contributed by atoms with Crippen molar-refractivity contribution in [3.63, 3.8) is 0 Å². The smallest absolute Gasteiger partial charge is 0.253 e. The first-order chi connectivity index (χ1) is 9.40. The minimum atomic E-state index is -0.0753. The van der Waals surface area contributed by atoms with Gasteiger partial charge in [-0.2, -0.15) is 11.8 Å². The highest BCUT2D eigenvalue weighted by atomic mass is 32.2. The van der Waals surface area contributed by atoms with Crippen molar-refractivity contribution < 1.29 is 9.90 Å². The Hall–Kier alpha value is -1.40. The number of anilines is 2. The Kier molecular flexibility index (Phi) is 6.16. The Balaban J connectivity index is 2.86. The lowest BCUT2D eigenvalue weighted by Crippen LogP contribution is -2.31. The van der Waals surface area contributed by atoms with Gasteiger partial charge in [0, 0.05) is 31.0 Å². The summed E-state index contributed by atoms with van der Waals surface area (Å²) in [4.78, 5) is 13.4. The van der Waals surface area contributed by atoms with Crippen LogP contribution in [0.25, 0.3) is 0 Å². The lowest BCUT2D eigenvalue weighted by Gasteiger charge is -2.23. The van der Waals surface area contributed by atoms with E-state index in [0.717, 1.165) is 5.69 Å². The molecule has 0 bridgehead atoms. The third-order valence-corrected chi connectivity index (χ3v) is 4.29. The van der Waals surface area contributed by atoms with Gasteiger partial charge in [-0.3, -0.25) is 4.79 Å². The number of nitrogen functional groups attached to an aromatic ring is 1. The molecule has 5 nitrogen and oxygen atoms in total. The first-order valence-corrected chi connectivity index (χ1v) is 7.70. The number of amides is 1. The molecule has 0 aliphatic carbocycles. The fourth-order valence-corrected chi connectivity index (χ4v) is 2.49. The molecule has 6 heteroatoms. The lowest BCUT2D eigenvalue weighted by atomic mass is 10.1. The van der Waals surface area contributed by atoms with Crippen LogP contribution in [-0.4, -0.2) is 54.2 Å². The van der Waals surface area contributed by atoms with Crippen molar-refractivity contribution in [3.8, 4) is 0 Å². The predicted molar refractivity (Wildman–Crippen MR) is 86.3 cm³/mol. The average Bonchev–Trinajstić information content (AvgIpc) is 2.41. The van der Waals surface area contributed by atoms with E-state index in [1.54, 1.807) is 44.1 Å². The Bertz CT molecular complexity index is 462. The van der Waals surface area contributed by atoms with Crippen molar-refractivity contribution in [1.29, 1.82) is 0 Å². The minimum absolute atomic E-state index is 0.0753. The van der Waals surface area contributed by atoms with Gasteiger partial charge in [0.05, 0.1) is 18.0 Å². The van der Waals surface area contributed by atoms with Gasteiger partial charge >= 0.3 is 0 Å². The molecule has 1 rings (SSSR count). The highest BCUT2D eigenvalue weighted by molar-refractivity contribution is 7.99. The quantitative estimate of drug-likeness (QED) is 0.694. The second-order valence-corrected chi connectivity index (χ2v) is 5.97. The van der Waals surface area contributed by atoms with Crippen LogP contribution in [0.2, 0.25) is 0 Å². The number of benzene rings is 1. The standard InChI is InChI=1S/C14H23N3O2S/c1-9(13(8-18)20-4)16-12-6-5-10(7-11(12)15)14(19)17(2)3/h5-7,9,13,16,18H,8,15H2,1-4H3. The lowest BCUT2D eigenvalue weighted by molar-refractivity contribution is 0.0827. The van der Waals surface area contributed by atoms with Gasteiger partial charge in [0.1, 0.15) is 0 Å². The number of nitrogens with one attached hydrogen (secondary N) is 1. The van der Waals surface area contributed by atoms with E-state index in [-0.39, 0.29) is 23.8 Å². The molecule has 112 valence electrons. The molecule has 2 unspecified atom stereocenters. The van der Waals surface area contributed by atoms with E-state index in [0.29, 0.717) is 11.3 Å². The van der Waals surface area contributed by atoms with E-state index in [2.05, 4.69) is 5.32 Å². The molecule has 0 saturated carbocycles. The molecule has 0 fully saturated rings. The van der Waals surface area contributed by atoms with Crippen LogP contribution in [0.15, 0.2) is 18.2 Å². The zero-order valence-electron chi connectivity index (χ0n) is 12.4. The molecule has 0 radical (unpaired) electrons. The number of nitrogens with zero attached hydrogens (tertiary/aromatic N) is 1. The monoisotopic (exact) mass is 297 g/mol. The molecule has 0 heterocycles. The van der Waals surface area contributed by atoms with Crippen molar-refractivity contribution in [2.24, 2.45) is 0 Å². The number of hydrogen-bond acceptors (Lipinski definition) is 5. The Morgan fingerprint density at radius 3 is 2.60 bits per heavy atom. The van der Waals surface area contributed by atoms with Gasteiger partial charge in [-0.15, -0.1) is 0 Å². The Labute approximate surface area is 124 Å². The van der Waals surface area contributed by atoms with Gasteiger partial charge in [0.25, 0.3) is 5.91 Å². The van der Waals surface area contributed by atoms with Crippen LogP contribution < -0.4 is 11.1 Å². The van der Waals surface area contributed by atoms with Gasteiger partial charge < -0.3 is 21.1 Å². The minimum Gasteiger partial charge on any atom is -0.397 e. The zero-order chi connectivity index (χ0) is 15.3. The summed E-state index contributed by atoms with van der Waals surface area (Å²) in [6, 6.07) is 5.30. The molecular formula is C14H23N3O2S. The molecule has 4 N–H and O–H groups in total. The van der Waals surface area contributed by atoms with Crippen LogP contribution in [0.1, 0.15) is 17.3 Å². The fourth-order valence-electron chi connectivity index (χ4n) is 1.86. The van der Waals surface area contributed by atoms with Gasteiger partial charge in [0.2, 0.25) is 0 Å². The van der Waals surface area contributed by atoms with Crippen LogP contribution in [0.3, 0.4) is 0 Å². The third-order valence-electron chi connectivity index (χ3n) is 3.13. The zero-order valence-corrected chi connectivity index (χ0v) is 13.2. The van der Waals surface area contributed by atoms with Gasteiger partial charge in [-0.1, -0.05) is 0 Å². The molecule has 0 spiro atoms. The van der Waals surface area contributed by atoms with E-state index in [1.165, 1.54) is 4.90 Å². The molecule has 20 heavy (non-hydrogen) atoms. The highest BCUT2D eigenvalue weighted by Crippen LogP contribution is 2.23. The molecule has 2 atom stereocenters. The molecule has 1 amide bonds. The molecule has 0 aliphatic heterocycles. The summed E-state index contributed by atoms with van der Waals surface area (Å²) in [5.41, 5.74) is 7.86. The van der Waals surface area contributed by atoms with Crippen molar-refractivity contribution in [1.82, 2.24) is 4.90 Å². The SMILES string of the molecule is CSC(CO)C(C)Nc1ccc(C(=O)N(C)C)cc1N. The maximum atomic E-state index is 11.8. The van der Waals surface area contributed by atoms with Crippen molar-refractivity contribution in [2.45, 2.75) is 18.2 Å². The van der Waals surface area contributed by atoms with Gasteiger partial charge in [-0.25, -0.2) is 0 Å². The van der Waals surface area contributed by atoms with Crippen molar-refractivity contribution in [3.05, 3.63) is 23.8 Å². The molecule has 0 saturated heterocycles. The molecule has 0 aliphatic rings. The molecule has 1 aromatic rings. The average molecular weight is 297 g/mol. The number of carbonyl (C=O) groups is 1. The number of hydrogen-bond donors (Lipinski definition) is 3. The van der Waals surface area contributed by atoms with E-state index < -0.39 is 0 Å². The topological polar surface area (TPSA) is 78.6 Å². The van der Waals surface area contributed by atoms with Crippen molar-refractivity contribution in [2.75, 3.05) is 38.0 Å². The van der Waals surface area contributed by atoms with Gasteiger partial charge in [-0.05, 0) is 31.4 Å². The Morgan fingerprint density at radius 2 is 2.15 bits per heavy atom. The number of rotatable bonds is 6. The number of carbonyl (C=O) groups excluding carboxylic acids is 1.